The maximum Gasteiger partial charge on any atom is 0.323 e. The van der Waals surface area contributed by atoms with Crippen LogP contribution in [0.4, 0.5) is 16.2 Å². The quantitative estimate of drug-likeness (QED) is 0.815. The molecule has 2 aromatic rings. The van der Waals surface area contributed by atoms with Gasteiger partial charge in [0.2, 0.25) is 0 Å². The van der Waals surface area contributed by atoms with E-state index >= 15 is 0 Å². The summed E-state index contributed by atoms with van der Waals surface area (Å²) in [5.41, 5.74) is 1.28. The van der Waals surface area contributed by atoms with E-state index in [1.165, 1.54) is 0 Å². The SMILES string of the molecule is O=C(Nc1cccc(Cl)c1)Nc1ccnc(Br)c1. The van der Waals surface area contributed by atoms with Crippen molar-refractivity contribution in [3.63, 3.8) is 0 Å². The summed E-state index contributed by atoms with van der Waals surface area (Å²) >= 11 is 9.05. The van der Waals surface area contributed by atoms with Gasteiger partial charge in [-0.15, -0.1) is 0 Å². The third-order valence-corrected chi connectivity index (χ3v) is 2.74. The number of nitrogens with zero attached hydrogens (tertiary/aromatic N) is 1. The van der Waals surface area contributed by atoms with E-state index in [1.807, 2.05) is 0 Å². The number of hydrogen-bond donors (Lipinski definition) is 2. The molecule has 0 atom stereocenters. The Morgan fingerprint density at radius 1 is 1.17 bits per heavy atom. The fraction of sp³-hybridized carbons (Fsp3) is 0. The Balaban J connectivity index is 2.01. The topological polar surface area (TPSA) is 54.0 Å². The summed E-state index contributed by atoms with van der Waals surface area (Å²) in [6, 6.07) is 10.00. The third kappa shape index (κ3) is 3.72. The number of anilines is 2. The van der Waals surface area contributed by atoms with Crippen molar-refractivity contribution >= 4 is 44.9 Å². The zero-order valence-electron chi connectivity index (χ0n) is 9.15. The van der Waals surface area contributed by atoms with E-state index in [0.717, 1.165) is 0 Å². The lowest BCUT2D eigenvalue weighted by Gasteiger charge is -2.07. The van der Waals surface area contributed by atoms with Gasteiger partial charge in [0.1, 0.15) is 4.60 Å². The van der Waals surface area contributed by atoms with Crippen LogP contribution in [-0.4, -0.2) is 11.0 Å². The van der Waals surface area contributed by atoms with Crippen molar-refractivity contribution in [1.82, 2.24) is 4.98 Å². The molecule has 0 spiro atoms. The number of urea groups is 1. The Morgan fingerprint density at radius 2 is 1.89 bits per heavy atom. The van der Waals surface area contributed by atoms with Gasteiger partial charge in [-0.05, 0) is 46.3 Å². The predicted molar refractivity (Wildman–Crippen MR) is 76.0 cm³/mol. The molecule has 0 saturated carbocycles. The molecule has 0 radical (unpaired) electrons. The monoisotopic (exact) mass is 325 g/mol. The second-order valence-corrected chi connectivity index (χ2v) is 4.71. The first kappa shape index (κ1) is 12.9. The molecule has 0 unspecified atom stereocenters. The number of amides is 2. The van der Waals surface area contributed by atoms with E-state index in [0.29, 0.717) is 21.0 Å². The molecule has 0 aliphatic heterocycles. The minimum absolute atomic E-state index is 0.338. The van der Waals surface area contributed by atoms with Crippen molar-refractivity contribution in [2.75, 3.05) is 10.6 Å². The van der Waals surface area contributed by atoms with Gasteiger partial charge in [0.25, 0.3) is 0 Å². The number of rotatable bonds is 2. The van der Waals surface area contributed by atoms with Crippen molar-refractivity contribution in [2.45, 2.75) is 0 Å². The highest BCUT2D eigenvalue weighted by molar-refractivity contribution is 9.10. The first-order valence-corrected chi connectivity index (χ1v) is 6.26. The van der Waals surface area contributed by atoms with E-state index in [4.69, 9.17) is 11.6 Å². The number of hydrogen-bond acceptors (Lipinski definition) is 2. The lowest BCUT2D eigenvalue weighted by atomic mass is 10.3. The van der Waals surface area contributed by atoms with Crippen molar-refractivity contribution < 1.29 is 4.79 Å². The smallest absolute Gasteiger partial charge is 0.308 e. The summed E-state index contributed by atoms with van der Waals surface area (Å²) in [4.78, 5) is 15.7. The standard InChI is InChI=1S/C12H9BrClN3O/c13-11-7-10(4-5-15-11)17-12(18)16-9-3-1-2-8(14)6-9/h1-7H,(H2,15,16,17,18). The first-order valence-electron chi connectivity index (χ1n) is 5.08. The van der Waals surface area contributed by atoms with Gasteiger partial charge in [-0.25, -0.2) is 9.78 Å². The van der Waals surface area contributed by atoms with Crippen LogP contribution in [0.5, 0.6) is 0 Å². The molecule has 1 aromatic heterocycles. The van der Waals surface area contributed by atoms with Gasteiger partial charge in [-0.1, -0.05) is 17.7 Å². The average Bonchev–Trinajstić information content (AvgIpc) is 2.28. The molecule has 4 nitrogen and oxygen atoms in total. The molecular formula is C12H9BrClN3O. The number of halogens is 2. The van der Waals surface area contributed by atoms with Crippen LogP contribution < -0.4 is 10.6 Å². The zero-order chi connectivity index (χ0) is 13.0. The highest BCUT2D eigenvalue weighted by atomic mass is 79.9. The number of benzene rings is 1. The van der Waals surface area contributed by atoms with Gasteiger partial charge in [-0.2, -0.15) is 0 Å². The Labute approximate surface area is 118 Å². The van der Waals surface area contributed by atoms with Crippen molar-refractivity contribution in [3.05, 3.63) is 52.2 Å². The molecule has 0 bridgehead atoms. The summed E-state index contributed by atoms with van der Waals surface area (Å²) in [7, 11) is 0. The number of carbonyl (C=O) groups is 1. The molecule has 6 heteroatoms. The molecule has 2 rings (SSSR count). The minimum atomic E-state index is -0.338. The summed E-state index contributed by atoms with van der Waals surface area (Å²) in [6.45, 7) is 0. The molecule has 2 amide bonds. The molecule has 1 aromatic carbocycles. The molecule has 18 heavy (non-hydrogen) atoms. The van der Waals surface area contributed by atoms with Gasteiger partial charge in [-0.3, -0.25) is 0 Å². The lowest BCUT2D eigenvalue weighted by Crippen LogP contribution is -2.19. The molecule has 2 N–H and O–H groups in total. The normalized spacial score (nSPS) is 9.89. The van der Waals surface area contributed by atoms with E-state index in [9.17, 15) is 4.79 Å². The number of aromatic nitrogens is 1. The van der Waals surface area contributed by atoms with Gasteiger partial charge in [0, 0.05) is 22.6 Å². The molecule has 0 aliphatic rings. The van der Waals surface area contributed by atoms with E-state index in [-0.39, 0.29) is 6.03 Å². The van der Waals surface area contributed by atoms with E-state index < -0.39 is 0 Å². The Morgan fingerprint density at radius 3 is 2.56 bits per heavy atom. The Hall–Kier alpha value is -1.59. The van der Waals surface area contributed by atoms with Crippen LogP contribution >= 0.6 is 27.5 Å². The highest BCUT2D eigenvalue weighted by Gasteiger charge is 2.03. The van der Waals surface area contributed by atoms with E-state index in [2.05, 4.69) is 31.5 Å². The summed E-state index contributed by atoms with van der Waals surface area (Å²) < 4.78 is 0.656. The second kappa shape index (κ2) is 5.84. The highest BCUT2D eigenvalue weighted by Crippen LogP contribution is 2.16. The third-order valence-electron chi connectivity index (χ3n) is 2.07. The summed E-state index contributed by atoms with van der Waals surface area (Å²) in [6.07, 6.45) is 1.60. The minimum Gasteiger partial charge on any atom is -0.308 e. The van der Waals surface area contributed by atoms with Crippen LogP contribution in [0, 0.1) is 0 Å². The second-order valence-electron chi connectivity index (χ2n) is 3.46. The van der Waals surface area contributed by atoms with Gasteiger partial charge < -0.3 is 10.6 Å². The van der Waals surface area contributed by atoms with Crippen LogP contribution in [0.1, 0.15) is 0 Å². The zero-order valence-corrected chi connectivity index (χ0v) is 11.5. The van der Waals surface area contributed by atoms with Gasteiger partial charge >= 0.3 is 6.03 Å². The molecule has 0 aliphatic carbocycles. The Kier molecular flexibility index (Phi) is 4.17. The molecule has 0 fully saturated rings. The van der Waals surface area contributed by atoms with Crippen LogP contribution in [0.25, 0.3) is 0 Å². The number of nitrogens with one attached hydrogen (secondary N) is 2. The summed E-state index contributed by atoms with van der Waals surface area (Å²) in [5.74, 6) is 0. The maximum atomic E-state index is 11.7. The van der Waals surface area contributed by atoms with Gasteiger partial charge in [0.05, 0.1) is 0 Å². The molecule has 0 saturated heterocycles. The lowest BCUT2D eigenvalue weighted by molar-refractivity contribution is 0.262. The number of pyridine rings is 1. The fourth-order valence-corrected chi connectivity index (χ4v) is 1.90. The predicted octanol–water partition coefficient (Wildman–Crippen LogP) is 4.14. The fourth-order valence-electron chi connectivity index (χ4n) is 1.34. The van der Waals surface area contributed by atoms with Gasteiger partial charge in [0.15, 0.2) is 0 Å². The molecular weight excluding hydrogens is 318 g/mol. The van der Waals surface area contributed by atoms with Crippen LogP contribution in [-0.2, 0) is 0 Å². The Bertz CT molecular complexity index is 527. The van der Waals surface area contributed by atoms with E-state index in [1.54, 1.807) is 42.6 Å². The largest absolute Gasteiger partial charge is 0.323 e. The van der Waals surface area contributed by atoms with Crippen molar-refractivity contribution in [1.29, 1.82) is 0 Å². The number of carbonyl (C=O) groups excluding carboxylic acids is 1. The van der Waals surface area contributed by atoms with Crippen LogP contribution in [0.3, 0.4) is 0 Å². The van der Waals surface area contributed by atoms with Crippen LogP contribution in [0.2, 0.25) is 5.02 Å². The van der Waals surface area contributed by atoms with Crippen molar-refractivity contribution in [2.24, 2.45) is 0 Å². The van der Waals surface area contributed by atoms with Crippen LogP contribution in [0.15, 0.2) is 47.2 Å². The summed E-state index contributed by atoms with van der Waals surface area (Å²) in [5, 5.41) is 5.94. The molecule has 1 heterocycles. The average molecular weight is 327 g/mol. The maximum absolute atomic E-state index is 11.7. The molecule has 92 valence electrons. The first-order chi connectivity index (χ1) is 8.63. The van der Waals surface area contributed by atoms with Crippen molar-refractivity contribution in [3.8, 4) is 0 Å².